The normalized spacial score (nSPS) is 10.0. The minimum absolute atomic E-state index is 0.0395. The number of rotatable bonds is 2. The van der Waals surface area contributed by atoms with Crippen LogP contribution in [0.5, 0.6) is 0 Å². The van der Waals surface area contributed by atoms with Crippen LogP contribution in [0.15, 0.2) is 30.5 Å². The van der Waals surface area contributed by atoms with Crippen LogP contribution in [0.1, 0.15) is 11.1 Å². The maximum Gasteiger partial charge on any atom is 0.146 e. The summed E-state index contributed by atoms with van der Waals surface area (Å²) in [7, 11) is 0. The van der Waals surface area contributed by atoms with E-state index in [0.29, 0.717) is 11.4 Å². The molecule has 0 atom stereocenters. The second-order valence-electron chi connectivity index (χ2n) is 3.33. The molecule has 5 heteroatoms. The summed E-state index contributed by atoms with van der Waals surface area (Å²) >= 11 is 0. The topological polar surface area (TPSA) is 67.6 Å². The van der Waals surface area contributed by atoms with E-state index in [-0.39, 0.29) is 12.1 Å². The highest BCUT2D eigenvalue weighted by Gasteiger charge is 2.08. The van der Waals surface area contributed by atoms with Gasteiger partial charge in [0.05, 0.1) is 12.1 Å². The Labute approximate surface area is 91.7 Å². The first-order valence-corrected chi connectivity index (χ1v) is 4.67. The number of nitrogen functional groups attached to an aromatic ring is 1. The lowest BCUT2D eigenvalue weighted by atomic mass is 10.1. The Kier molecular flexibility index (Phi) is 2.56. The molecule has 0 spiro atoms. The fourth-order valence-electron chi connectivity index (χ4n) is 1.43. The fourth-order valence-corrected chi connectivity index (χ4v) is 1.43. The third-order valence-electron chi connectivity index (χ3n) is 2.19. The number of hydrogen-bond acceptors (Lipinski definition) is 3. The Bertz CT molecular complexity index is 553. The number of anilines is 1. The summed E-state index contributed by atoms with van der Waals surface area (Å²) in [6, 6.07) is 8.13. The molecular weight excluding hydrogens is 207 g/mol. The number of nitrogens with two attached hydrogens (primary N) is 1. The molecule has 0 fully saturated rings. The van der Waals surface area contributed by atoms with Gasteiger partial charge in [0, 0.05) is 11.8 Å². The lowest BCUT2D eigenvalue weighted by Gasteiger charge is -2.04. The monoisotopic (exact) mass is 216 g/mol. The van der Waals surface area contributed by atoms with Crippen molar-refractivity contribution in [2.75, 3.05) is 5.73 Å². The predicted molar refractivity (Wildman–Crippen MR) is 56.9 cm³/mol. The minimum Gasteiger partial charge on any atom is -0.382 e. The van der Waals surface area contributed by atoms with E-state index >= 15 is 0 Å². The molecule has 0 aliphatic heterocycles. The van der Waals surface area contributed by atoms with Gasteiger partial charge in [-0.2, -0.15) is 10.4 Å². The number of nitriles is 1. The van der Waals surface area contributed by atoms with E-state index in [2.05, 4.69) is 5.10 Å². The Morgan fingerprint density at radius 1 is 1.44 bits per heavy atom. The molecule has 0 saturated heterocycles. The molecule has 0 radical (unpaired) electrons. The Hall–Kier alpha value is -2.35. The van der Waals surface area contributed by atoms with Gasteiger partial charge in [0.25, 0.3) is 0 Å². The van der Waals surface area contributed by atoms with Gasteiger partial charge in [-0.05, 0) is 12.1 Å². The molecule has 0 bridgehead atoms. The molecule has 1 heterocycles. The van der Waals surface area contributed by atoms with Crippen LogP contribution in [0.25, 0.3) is 0 Å². The van der Waals surface area contributed by atoms with Crippen LogP contribution in [0.2, 0.25) is 0 Å². The quantitative estimate of drug-likeness (QED) is 0.827. The van der Waals surface area contributed by atoms with Gasteiger partial charge >= 0.3 is 0 Å². The fraction of sp³-hybridized carbons (Fsp3) is 0.0909. The third-order valence-corrected chi connectivity index (χ3v) is 2.19. The van der Waals surface area contributed by atoms with Gasteiger partial charge in [-0.3, -0.25) is 4.68 Å². The average Bonchev–Trinajstić information content (AvgIpc) is 2.67. The molecule has 0 saturated carbocycles. The Morgan fingerprint density at radius 2 is 2.25 bits per heavy atom. The predicted octanol–water partition coefficient (Wildman–Crippen LogP) is 1.52. The molecule has 4 nitrogen and oxygen atoms in total. The summed E-state index contributed by atoms with van der Waals surface area (Å²) in [4.78, 5) is 0. The van der Waals surface area contributed by atoms with E-state index in [1.54, 1.807) is 30.5 Å². The van der Waals surface area contributed by atoms with Crippen molar-refractivity contribution in [1.82, 2.24) is 9.78 Å². The molecule has 1 aromatic heterocycles. The first kappa shape index (κ1) is 10.2. The SMILES string of the molecule is N#Cc1cccc(Cn2ccc(N)n2)c1F. The van der Waals surface area contributed by atoms with Gasteiger partial charge in [-0.15, -0.1) is 0 Å². The van der Waals surface area contributed by atoms with Gasteiger partial charge in [0.15, 0.2) is 0 Å². The smallest absolute Gasteiger partial charge is 0.146 e. The summed E-state index contributed by atoms with van der Waals surface area (Å²) in [5.41, 5.74) is 5.91. The van der Waals surface area contributed by atoms with Crippen LogP contribution in [-0.4, -0.2) is 9.78 Å². The standard InChI is InChI=1S/C11H9FN4/c12-11-8(6-13)2-1-3-9(11)7-16-5-4-10(14)15-16/h1-5H,7H2,(H2,14,15). The second kappa shape index (κ2) is 4.03. The number of benzene rings is 1. The van der Waals surface area contributed by atoms with E-state index in [4.69, 9.17) is 11.0 Å². The van der Waals surface area contributed by atoms with Gasteiger partial charge in [-0.1, -0.05) is 12.1 Å². The molecule has 16 heavy (non-hydrogen) atoms. The van der Waals surface area contributed by atoms with Crippen molar-refractivity contribution in [3.05, 3.63) is 47.4 Å². The zero-order chi connectivity index (χ0) is 11.5. The summed E-state index contributed by atoms with van der Waals surface area (Å²) in [5.74, 6) is -0.115. The van der Waals surface area contributed by atoms with Gasteiger partial charge in [0.1, 0.15) is 17.7 Å². The van der Waals surface area contributed by atoms with E-state index in [0.717, 1.165) is 0 Å². The maximum absolute atomic E-state index is 13.7. The zero-order valence-electron chi connectivity index (χ0n) is 8.39. The van der Waals surface area contributed by atoms with E-state index < -0.39 is 5.82 Å². The van der Waals surface area contributed by atoms with Crippen LogP contribution >= 0.6 is 0 Å². The summed E-state index contributed by atoms with van der Waals surface area (Å²) in [6.45, 7) is 0.262. The van der Waals surface area contributed by atoms with Crippen LogP contribution in [0, 0.1) is 17.1 Å². The number of hydrogen-bond donors (Lipinski definition) is 1. The average molecular weight is 216 g/mol. The molecule has 2 rings (SSSR count). The summed E-state index contributed by atoms with van der Waals surface area (Å²) in [6.07, 6.45) is 1.66. The van der Waals surface area contributed by atoms with E-state index in [1.165, 1.54) is 10.7 Å². The summed E-state index contributed by atoms with van der Waals surface area (Å²) in [5, 5.41) is 12.6. The molecular formula is C11H9FN4. The van der Waals surface area contributed by atoms with Crippen molar-refractivity contribution >= 4 is 5.82 Å². The third kappa shape index (κ3) is 1.86. The lowest BCUT2D eigenvalue weighted by Crippen LogP contribution is -2.04. The highest BCUT2D eigenvalue weighted by Crippen LogP contribution is 2.13. The van der Waals surface area contributed by atoms with Crippen molar-refractivity contribution in [2.24, 2.45) is 0 Å². The van der Waals surface area contributed by atoms with Crippen molar-refractivity contribution < 1.29 is 4.39 Å². The highest BCUT2D eigenvalue weighted by molar-refractivity contribution is 5.35. The number of aromatic nitrogens is 2. The lowest BCUT2D eigenvalue weighted by molar-refractivity contribution is 0.583. The van der Waals surface area contributed by atoms with Crippen molar-refractivity contribution in [3.63, 3.8) is 0 Å². The van der Waals surface area contributed by atoms with Gasteiger partial charge in [0.2, 0.25) is 0 Å². The van der Waals surface area contributed by atoms with Crippen LogP contribution in [0.4, 0.5) is 10.2 Å². The summed E-state index contributed by atoms with van der Waals surface area (Å²) < 4.78 is 15.2. The molecule has 0 amide bonds. The highest BCUT2D eigenvalue weighted by atomic mass is 19.1. The first-order valence-electron chi connectivity index (χ1n) is 4.67. The Morgan fingerprint density at radius 3 is 2.88 bits per heavy atom. The molecule has 0 unspecified atom stereocenters. The van der Waals surface area contributed by atoms with Crippen LogP contribution < -0.4 is 5.73 Å². The van der Waals surface area contributed by atoms with Crippen LogP contribution in [0.3, 0.4) is 0 Å². The van der Waals surface area contributed by atoms with Crippen molar-refractivity contribution in [2.45, 2.75) is 6.54 Å². The molecule has 0 aliphatic rings. The molecule has 1 aromatic carbocycles. The van der Waals surface area contributed by atoms with Crippen LogP contribution in [-0.2, 0) is 6.54 Å². The van der Waals surface area contributed by atoms with Crippen molar-refractivity contribution in [3.8, 4) is 6.07 Å². The second-order valence-corrected chi connectivity index (χ2v) is 3.33. The molecule has 0 aliphatic carbocycles. The van der Waals surface area contributed by atoms with E-state index in [1.807, 2.05) is 0 Å². The Balaban J connectivity index is 2.32. The number of nitrogens with zero attached hydrogens (tertiary/aromatic N) is 3. The molecule has 2 N–H and O–H groups in total. The maximum atomic E-state index is 13.7. The van der Waals surface area contributed by atoms with E-state index in [9.17, 15) is 4.39 Å². The number of halogens is 1. The van der Waals surface area contributed by atoms with Gasteiger partial charge in [-0.25, -0.2) is 4.39 Å². The zero-order valence-corrected chi connectivity index (χ0v) is 8.39. The van der Waals surface area contributed by atoms with Gasteiger partial charge < -0.3 is 5.73 Å². The molecule has 80 valence electrons. The first-order chi connectivity index (χ1) is 7.70. The van der Waals surface area contributed by atoms with Crippen molar-refractivity contribution in [1.29, 1.82) is 5.26 Å². The molecule has 2 aromatic rings. The largest absolute Gasteiger partial charge is 0.382 e. The minimum atomic E-state index is -0.501.